The predicted molar refractivity (Wildman–Crippen MR) is 104 cm³/mol. The zero-order chi connectivity index (χ0) is 16.3. The number of hydrogen-bond acceptors (Lipinski definition) is 3. The number of nitrogens with one attached hydrogen (secondary N) is 1. The number of rotatable bonds is 5. The number of nitrogens with two attached hydrogens (primary N) is 1. The third-order valence-electron chi connectivity index (χ3n) is 3.91. The molecule has 0 saturated heterocycles. The molecule has 5 nitrogen and oxygen atoms in total. The lowest BCUT2D eigenvalue weighted by Crippen LogP contribution is -2.49. The van der Waals surface area contributed by atoms with Crippen LogP contribution < -0.4 is 11.1 Å². The van der Waals surface area contributed by atoms with Crippen molar-refractivity contribution in [3.8, 4) is 0 Å². The molecule has 0 bridgehead atoms. The first-order valence-electron chi connectivity index (χ1n) is 7.82. The van der Waals surface area contributed by atoms with E-state index in [9.17, 15) is 4.79 Å². The zero-order valence-electron chi connectivity index (χ0n) is 14.7. The first kappa shape index (κ1) is 22.7. The number of hydrogen-bond donors (Lipinski definition) is 2. The Balaban J connectivity index is 0.00000264. The van der Waals surface area contributed by atoms with Gasteiger partial charge in [0.05, 0.1) is 17.1 Å². The summed E-state index contributed by atoms with van der Waals surface area (Å²) in [5.74, 6) is 0.889. The molecule has 1 aromatic heterocycles. The van der Waals surface area contributed by atoms with Gasteiger partial charge in [-0.1, -0.05) is 32.9 Å². The molecule has 1 atom stereocenters. The molecule has 0 aliphatic rings. The highest BCUT2D eigenvalue weighted by Gasteiger charge is 2.27. The van der Waals surface area contributed by atoms with Crippen LogP contribution >= 0.6 is 24.8 Å². The molecule has 0 spiro atoms. The van der Waals surface area contributed by atoms with Crippen molar-refractivity contribution in [1.82, 2.24) is 14.9 Å². The molecule has 2 aromatic rings. The molecule has 3 N–H and O–H groups in total. The number of halogens is 2. The van der Waals surface area contributed by atoms with E-state index in [2.05, 4.69) is 27.9 Å². The highest BCUT2D eigenvalue weighted by molar-refractivity contribution is 5.85. The van der Waals surface area contributed by atoms with Crippen LogP contribution in [0.15, 0.2) is 24.3 Å². The number of aromatic nitrogens is 2. The molecule has 1 heterocycles. The summed E-state index contributed by atoms with van der Waals surface area (Å²) in [4.78, 5) is 16.7. The Morgan fingerprint density at radius 2 is 1.92 bits per heavy atom. The summed E-state index contributed by atoms with van der Waals surface area (Å²) in [7, 11) is 0. The molecule has 24 heavy (non-hydrogen) atoms. The van der Waals surface area contributed by atoms with Crippen molar-refractivity contribution in [1.29, 1.82) is 0 Å². The molecule has 0 aliphatic heterocycles. The topological polar surface area (TPSA) is 72.9 Å². The molecule has 0 radical (unpaired) electrons. The second kappa shape index (κ2) is 9.25. The minimum Gasteiger partial charge on any atom is -0.354 e. The van der Waals surface area contributed by atoms with Gasteiger partial charge in [-0.2, -0.15) is 0 Å². The van der Waals surface area contributed by atoms with E-state index in [0.717, 1.165) is 23.4 Å². The number of fused-ring (bicyclic) bond motifs is 1. The number of amides is 1. The second-order valence-electron chi connectivity index (χ2n) is 6.65. The van der Waals surface area contributed by atoms with Crippen LogP contribution in [0.2, 0.25) is 0 Å². The SMILES string of the molecule is CCn1c(CCNC(=O)[C@@H](N)C(C)(C)C)nc2ccccc21.Cl.Cl. The van der Waals surface area contributed by atoms with Crippen LogP contribution in [0, 0.1) is 5.41 Å². The van der Waals surface area contributed by atoms with Crippen molar-refractivity contribution < 1.29 is 4.79 Å². The monoisotopic (exact) mass is 374 g/mol. The van der Waals surface area contributed by atoms with E-state index in [1.165, 1.54) is 0 Å². The maximum Gasteiger partial charge on any atom is 0.237 e. The highest BCUT2D eigenvalue weighted by atomic mass is 35.5. The molecular formula is C17H28Cl2N4O. The van der Waals surface area contributed by atoms with E-state index in [-0.39, 0.29) is 36.1 Å². The molecule has 0 unspecified atom stereocenters. The Labute approximate surface area is 156 Å². The summed E-state index contributed by atoms with van der Waals surface area (Å²) >= 11 is 0. The maximum atomic E-state index is 12.0. The molecule has 1 aromatic carbocycles. The first-order chi connectivity index (χ1) is 10.3. The van der Waals surface area contributed by atoms with Gasteiger partial charge >= 0.3 is 0 Å². The van der Waals surface area contributed by atoms with Crippen LogP contribution in [0.3, 0.4) is 0 Å². The van der Waals surface area contributed by atoms with E-state index in [1.54, 1.807) is 0 Å². The quantitative estimate of drug-likeness (QED) is 0.844. The average Bonchev–Trinajstić information content (AvgIpc) is 2.82. The van der Waals surface area contributed by atoms with Crippen LogP contribution in [0.4, 0.5) is 0 Å². The van der Waals surface area contributed by atoms with E-state index in [1.807, 2.05) is 39.0 Å². The molecule has 0 aliphatic carbocycles. The van der Waals surface area contributed by atoms with Gasteiger partial charge in [0.2, 0.25) is 5.91 Å². The molecule has 2 rings (SSSR count). The van der Waals surface area contributed by atoms with Gasteiger partial charge in [-0.3, -0.25) is 4.79 Å². The van der Waals surface area contributed by atoms with Gasteiger partial charge in [0.15, 0.2) is 0 Å². The summed E-state index contributed by atoms with van der Waals surface area (Å²) < 4.78 is 2.19. The third-order valence-corrected chi connectivity index (χ3v) is 3.91. The fourth-order valence-electron chi connectivity index (χ4n) is 2.47. The Morgan fingerprint density at radius 3 is 2.50 bits per heavy atom. The normalized spacial score (nSPS) is 12.2. The molecular weight excluding hydrogens is 347 g/mol. The van der Waals surface area contributed by atoms with Gasteiger partial charge in [0, 0.05) is 19.5 Å². The fraction of sp³-hybridized carbons (Fsp3) is 0.529. The van der Waals surface area contributed by atoms with E-state index in [4.69, 9.17) is 5.73 Å². The third kappa shape index (κ3) is 5.10. The van der Waals surface area contributed by atoms with Gasteiger partial charge in [-0.05, 0) is 24.5 Å². The van der Waals surface area contributed by atoms with Crippen molar-refractivity contribution >= 4 is 41.8 Å². The molecule has 7 heteroatoms. The minimum absolute atomic E-state index is 0. The molecule has 0 saturated carbocycles. The number of carbonyl (C=O) groups is 1. The number of imidazole rings is 1. The Kier molecular flexibility index (Phi) is 8.75. The lowest BCUT2D eigenvalue weighted by Gasteiger charge is -2.25. The van der Waals surface area contributed by atoms with Gasteiger partial charge < -0.3 is 15.6 Å². The summed E-state index contributed by atoms with van der Waals surface area (Å²) in [5, 5.41) is 2.92. The van der Waals surface area contributed by atoms with E-state index in [0.29, 0.717) is 13.0 Å². The minimum atomic E-state index is -0.502. The summed E-state index contributed by atoms with van der Waals surface area (Å²) in [6, 6.07) is 7.59. The Hall–Kier alpha value is -1.30. The smallest absolute Gasteiger partial charge is 0.237 e. The Morgan fingerprint density at radius 1 is 1.29 bits per heavy atom. The van der Waals surface area contributed by atoms with Gasteiger partial charge in [-0.15, -0.1) is 24.8 Å². The van der Waals surface area contributed by atoms with Crippen molar-refractivity contribution in [2.24, 2.45) is 11.1 Å². The van der Waals surface area contributed by atoms with Gasteiger partial charge in [0.1, 0.15) is 5.82 Å². The van der Waals surface area contributed by atoms with Crippen molar-refractivity contribution in [3.63, 3.8) is 0 Å². The van der Waals surface area contributed by atoms with E-state index < -0.39 is 6.04 Å². The second-order valence-corrected chi connectivity index (χ2v) is 6.65. The van der Waals surface area contributed by atoms with Crippen LogP contribution in [-0.4, -0.2) is 28.0 Å². The summed E-state index contributed by atoms with van der Waals surface area (Å²) in [6.45, 7) is 9.41. The van der Waals surface area contributed by atoms with Gasteiger partial charge in [-0.25, -0.2) is 4.98 Å². The largest absolute Gasteiger partial charge is 0.354 e. The number of benzene rings is 1. The zero-order valence-corrected chi connectivity index (χ0v) is 16.3. The maximum absolute atomic E-state index is 12.0. The van der Waals surface area contributed by atoms with E-state index >= 15 is 0 Å². The highest BCUT2D eigenvalue weighted by Crippen LogP contribution is 2.18. The summed E-state index contributed by atoms with van der Waals surface area (Å²) in [5.41, 5.74) is 7.86. The molecule has 1 amide bonds. The Bertz CT molecular complexity index is 664. The standard InChI is InChI=1S/C17H26N4O.2ClH/c1-5-21-13-9-7-6-8-12(13)20-14(21)10-11-19-16(22)15(18)17(2,3)4;;/h6-9,15H,5,10-11,18H2,1-4H3,(H,19,22);2*1H/t15-;;/m1../s1. The van der Waals surface area contributed by atoms with Gasteiger partial charge in [0.25, 0.3) is 0 Å². The number of carbonyl (C=O) groups excluding carboxylic acids is 1. The first-order valence-corrected chi connectivity index (χ1v) is 7.82. The van der Waals surface area contributed by atoms with Crippen LogP contribution in [0.25, 0.3) is 11.0 Å². The van der Waals surface area contributed by atoms with Crippen molar-refractivity contribution in [3.05, 3.63) is 30.1 Å². The molecule has 0 fully saturated rings. The predicted octanol–water partition coefficient (Wildman–Crippen LogP) is 2.93. The molecule has 136 valence electrons. The fourth-order valence-corrected chi connectivity index (χ4v) is 2.47. The van der Waals surface area contributed by atoms with Crippen molar-refractivity contribution in [2.75, 3.05) is 6.54 Å². The van der Waals surface area contributed by atoms with Crippen LogP contribution in [0.1, 0.15) is 33.5 Å². The lowest BCUT2D eigenvalue weighted by molar-refractivity contribution is -0.124. The lowest BCUT2D eigenvalue weighted by atomic mass is 9.87. The number of nitrogens with zero attached hydrogens (tertiary/aromatic N) is 2. The number of para-hydroxylation sites is 2. The van der Waals surface area contributed by atoms with Crippen LogP contribution in [-0.2, 0) is 17.8 Å². The average molecular weight is 375 g/mol. The van der Waals surface area contributed by atoms with Crippen molar-refractivity contribution in [2.45, 2.75) is 46.7 Å². The van der Waals surface area contributed by atoms with Crippen LogP contribution in [0.5, 0.6) is 0 Å². The summed E-state index contributed by atoms with van der Waals surface area (Å²) in [6.07, 6.45) is 0.700. The number of aryl methyl sites for hydroxylation is 1.